The number of rotatable bonds is 4. The number of aliphatic hydroxyl groups is 1. The van der Waals surface area contributed by atoms with Crippen LogP contribution in [0.3, 0.4) is 0 Å². The van der Waals surface area contributed by atoms with E-state index in [1.54, 1.807) is 23.5 Å². The molecule has 1 aromatic heterocycles. The molecule has 1 heterocycles. The van der Waals surface area contributed by atoms with Crippen LogP contribution in [0.2, 0.25) is 0 Å². The average Bonchev–Trinajstić information content (AvgIpc) is 2.93. The molecule has 0 saturated carbocycles. The molecule has 10 heteroatoms. The zero-order chi connectivity index (χ0) is 19.0. The van der Waals surface area contributed by atoms with Crippen LogP contribution in [0, 0.1) is 6.92 Å². The maximum absolute atomic E-state index is 11.7. The highest BCUT2D eigenvalue weighted by Crippen LogP contribution is 2.28. The number of aliphatic imine (C=N–C) groups is 1. The van der Waals surface area contributed by atoms with Crippen molar-refractivity contribution in [3.8, 4) is 10.4 Å². The summed E-state index contributed by atoms with van der Waals surface area (Å²) in [6.45, 7) is 1.52. The zero-order valence-corrected chi connectivity index (χ0v) is 15.0. The molecule has 1 aromatic carbocycles. The van der Waals surface area contributed by atoms with Crippen LogP contribution in [0.5, 0.6) is 0 Å². The molecule has 25 heavy (non-hydrogen) atoms. The summed E-state index contributed by atoms with van der Waals surface area (Å²) in [5, 5.41) is 7.86. The summed E-state index contributed by atoms with van der Waals surface area (Å²) in [7, 11) is -3.92. The third-order valence-electron chi connectivity index (χ3n) is 2.71. The number of carbonyl (C=O) groups is 1. The van der Waals surface area contributed by atoms with E-state index in [9.17, 15) is 13.2 Å². The van der Waals surface area contributed by atoms with Crippen molar-refractivity contribution in [3.05, 3.63) is 46.8 Å². The summed E-state index contributed by atoms with van der Waals surface area (Å²) in [5.74, 6) is -1.23. The van der Waals surface area contributed by atoms with Crippen molar-refractivity contribution in [1.29, 1.82) is 0 Å². The van der Waals surface area contributed by atoms with Gasteiger partial charge in [0.15, 0.2) is 5.96 Å². The van der Waals surface area contributed by atoms with Gasteiger partial charge in [0.2, 0.25) is 0 Å². The van der Waals surface area contributed by atoms with Crippen LogP contribution in [0.4, 0.5) is 0 Å². The highest BCUT2D eigenvalue weighted by Gasteiger charge is 2.07. The Kier molecular flexibility index (Phi) is 7.71. The molecular weight excluding hydrogens is 366 g/mol. The third-order valence-corrected chi connectivity index (χ3v) is 4.46. The minimum Gasteiger partial charge on any atom is -0.395 e. The summed E-state index contributed by atoms with van der Waals surface area (Å²) in [6, 6.07) is 11.3. The molecule has 0 aliphatic rings. The molecule has 0 fully saturated rings. The first kappa shape index (κ1) is 20.8. The monoisotopic (exact) mass is 385 g/mol. The molecular formula is C15H19N3O5S2. The Labute approximate surface area is 149 Å². The maximum atomic E-state index is 11.7. The van der Waals surface area contributed by atoms with Gasteiger partial charge in [-0.05, 0) is 36.8 Å². The number of benzene rings is 1. The minimum absolute atomic E-state index is 0.225. The van der Waals surface area contributed by atoms with Crippen LogP contribution < -0.4 is 11.5 Å². The van der Waals surface area contributed by atoms with Gasteiger partial charge in [-0.2, -0.15) is 13.4 Å². The average molecular weight is 385 g/mol. The van der Waals surface area contributed by atoms with Gasteiger partial charge in [-0.15, -0.1) is 11.3 Å². The summed E-state index contributed by atoms with van der Waals surface area (Å²) < 4.78 is 27.1. The van der Waals surface area contributed by atoms with Crippen LogP contribution in [-0.4, -0.2) is 42.3 Å². The van der Waals surface area contributed by atoms with Crippen molar-refractivity contribution in [2.24, 2.45) is 16.5 Å². The quantitative estimate of drug-likeness (QED) is 0.347. The van der Waals surface area contributed by atoms with Gasteiger partial charge in [0.1, 0.15) is 0 Å². The Morgan fingerprint density at radius 1 is 1.24 bits per heavy atom. The smallest absolute Gasteiger partial charge is 0.280 e. The molecule has 136 valence electrons. The number of hydrogen-bond donors (Lipinski definition) is 4. The molecule has 0 aliphatic heterocycles. The molecule has 0 saturated heterocycles. The molecule has 2 rings (SSSR count). The molecule has 0 bridgehead atoms. The highest BCUT2D eigenvalue weighted by atomic mass is 32.2. The van der Waals surface area contributed by atoms with Crippen LogP contribution in [-0.2, 0) is 10.1 Å². The van der Waals surface area contributed by atoms with Crippen molar-refractivity contribution in [2.45, 2.75) is 6.92 Å². The highest BCUT2D eigenvalue weighted by molar-refractivity contribution is 7.85. The fraction of sp³-hybridized carbons (Fsp3) is 0.200. The van der Waals surface area contributed by atoms with Crippen LogP contribution >= 0.6 is 11.3 Å². The first-order valence-corrected chi connectivity index (χ1v) is 9.42. The topological polar surface area (TPSA) is 156 Å². The molecule has 0 atom stereocenters. The van der Waals surface area contributed by atoms with Gasteiger partial charge in [0.05, 0.1) is 12.4 Å². The van der Waals surface area contributed by atoms with Crippen LogP contribution in [0.25, 0.3) is 10.4 Å². The largest absolute Gasteiger partial charge is 0.395 e. The van der Waals surface area contributed by atoms with E-state index in [2.05, 4.69) is 4.99 Å². The van der Waals surface area contributed by atoms with E-state index in [-0.39, 0.29) is 5.96 Å². The van der Waals surface area contributed by atoms with E-state index in [1.807, 2.05) is 31.2 Å². The second kappa shape index (κ2) is 9.28. The third kappa shape index (κ3) is 7.90. The van der Waals surface area contributed by atoms with E-state index < -0.39 is 28.4 Å². The van der Waals surface area contributed by atoms with Crippen molar-refractivity contribution >= 4 is 33.3 Å². The standard InChI is InChI=1S/C13H13N3OS.C2H6O4S/c1-8-5-6-11(18-8)9-3-2-4-10(7-9)12(17)16-13(14)15;3-1-2-7(4,5)6/h2-7H,1H3,(H4,14,15,16,17);3H,1-2H2,(H,4,5,6). The summed E-state index contributed by atoms with van der Waals surface area (Å²) in [6.07, 6.45) is 0. The van der Waals surface area contributed by atoms with Gasteiger partial charge in [0, 0.05) is 15.3 Å². The fourth-order valence-corrected chi connectivity index (χ4v) is 2.79. The number of hydrogen-bond acceptors (Lipinski definition) is 5. The maximum Gasteiger partial charge on any atom is 0.280 e. The van der Waals surface area contributed by atoms with Gasteiger partial charge >= 0.3 is 0 Å². The fourth-order valence-electron chi connectivity index (χ4n) is 1.69. The number of guanidine groups is 1. The predicted molar refractivity (Wildman–Crippen MR) is 98.1 cm³/mol. The van der Waals surface area contributed by atoms with Gasteiger partial charge in [-0.25, -0.2) is 0 Å². The Hall–Kier alpha value is -2.27. The van der Waals surface area contributed by atoms with E-state index in [1.165, 1.54) is 4.88 Å². The summed E-state index contributed by atoms with van der Waals surface area (Å²) in [4.78, 5) is 17.6. The van der Waals surface area contributed by atoms with Crippen molar-refractivity contribution < 1.29 is 22.9 Å². The first-order valence-electron chi connectivity index (χ1n) is 6.99. The van der Waals surface area contributed by atoms with Gasteiger partial charge < -0.3 is 16.6 Å². The summed E-state index contributed by atoms with van der Waals surface area (Å²) >= 11 is 1.68. The molecule has 8 nitrogen and oxygen atoms in total. The molecule has 1 amide bonds. The molecule has 2 aromatic rings. The molecule has 0 radical (unpaired) electrons. The second-order valence-electron chi connectivity index (χ2n) is 4.84. The zero-order valence-electron chi connectivity index (χ0n) is 13.4. The minimum atomic E-state index is -3.92. The van der Waals surface area contributed by atoms with E-state index in [0.29, 0.717) is 5.56 Å². The lowest BCUT2D eigenvalue weighted by atomic mass is 10.1. The van der Waals surface area contributed by atoms with Crippen LogP contribution in [0.15, 0.2) is 41.4 Å². The Bertz CT molecular complexity index is 856. The lowest BCUT2D eigenvalue weighted by Gasteiger charge is -2.00. The Morgan fingerprint density at radius 3 is 2.36 bits per heavy atom. The SMILES string of the molecule is Cc1ccc(-c2cccc(C(=O)N=C(N)N)c2)s1.O=S(=O)(O)CCO. The van der Waals surface area contributed by atoms with Gasteiger partial charge in [-0.1, -0.05) is 12.1 Å². The number of amides is 1. The molecule has 6 N–H and O–H groups in total. The Balaban J connectivity index is 0.000000381. The van der Waals surface area contributed by atoms with E-state index >= 15 is 0 Å². The van der Waals surface area contributed by atoms with Crippen molar-refractivity contribution in [3.63, 3.8) is 0 Å². The lowest BCUT2D eigenvalue weighted by molar-refractivity contribution is 0.100. The number of carbonyl (C=O) groups excluding carboxylic acids is 1. The molecule has 0 spiro atoms. The number of nitrogens with zero attached hydrogens (tertiary/aromatic N) is 1. The first-order chi connectivity index (χ1) is 11.6. The van der Waals surface area contributed by atoms with Gasteiger partial charge in [-0.3, -0.25) is 9.35 Å². The normalized spacial score (nSPS) is 10.5. The summed E-state index contributed by atoms with van der Waals surface area (Å²) in [5.41, 5.74) is 11.9. The number of aryl methyl sites for hydroxylation is 1. The second-order valence-corrected chi connectivity index (χ2v) is 7.70. The van der Waals surface area contributed by atoms with Crippen molar-refractivity contribution in [2.75, 3.05) is 12.4 Å². The lowest BCUT2D eigenvalue weighted by Crippen LogP contribution is -2.24. The molecule has 0 unspecified atom stereocenters. The van der Waals surface area contributed by atoms with Crippen LogP contribution in [0.1, 0.15) is 15.2 Å². The van der Waals surface area contributed by atoms with Crippen molar-refractivity contribution in [1.82, 2.24) is 0 Å². The Morgan fingerprint density at radius 2 is 1.92 bits per heavy atom. The predicted octanol–water partition coefficient (Wildman–Crippen LogP) is 1.00. The number of nitrogens with two attached hydrogens (primary N) is 2. The van der Waals surface area contributed by atoms with E-state index in [4.69, 9.17) is 21.1 Å². The number of thiophene rings is 1. The van der Waals surface area contributed by atoms with Gasteiger partial charge in [0.25, 0.3) is 16.0 Å². The number of aliphatic hydroxyl groups excluding tert-OH is 1. The molecule has 0 aliphatic carbocycles. The van der Waals surface area contributed by atoms with E-state index in [0.717, 1.165) is 10.4 Å².